The summed E-state index contributed by atoms with van der Waals surface area (Å²) in [4.78, 5) is 49.5. The second-order valence-electron chi connectivity index (χ2n) is 16.8. The van der Waals surface area contributed by atoms with E-state index in [1.54, 1.807) is 25.3 Å². The number of fused-ring (bicyclic) bond motifs is 6. The largest absolute Gasteiger partial charge is 0.542 e. The van der Waals surface area contributed by atoms with Gasteiger partial charge < -0.3 is 54.4 Å². The standard InChI is InChI=1S/C45H49N5O8.C2HF3O2/c1-50(2)35-22-30(23-36(50)44-43(35)58-44)57-45(55)48-34-20-26(12-15-31(34)27-9-5-4-6-10-27)8-7-11-40(53)47-29-14-13-28(39(21-29)56-3)24-46-25-38(52)32-16-18-37(51)42-33(32)17-19-41(54)49-42;3-2(4,5)1(6)7/h4-6,9-10,12-21,30,35-36,38,43-44,46,52H,7-8,11,22-25H2,1-3H3,(H3-,47,48,49,51,53,54,55);(H,6,7)/t30-,35-,36+,38-,43-,44+;/m0./s1. The number of pyridine rings is 1. The number of anilines is 2. The first-order chi connectivity index (χ1) is 30.9. The van der Waals surface area contributed by atoms with Crippen LogP contribution in [0.4, 0.5) is 29.3 Å². The number of hydrogen-bond donors (Lipinski definition) is 6. The number of aliphatic hydroxyl groups is 1. The first kappa shape index (κ1) is 46.5. The van der Waals surface area contributed by atoms with Gasteiger partial charge in [-0.05, 0) is 53.8 Å². The summed E-state index contributed by atoms with van der Waals surface area (Å²) in [7, 11) is 6.07. The number of hydrogen-bond acceptors (Lipinski definition) is 11. The van der Waals surface area contributed by atoms with E-state index in [2.05, 4.69) is 35.0 Å². The van der Waals surface area contributed by atoms with Gasteiger partial charge in [-0.15, -0.1) is 0 Å². The molecule has 0 unspecified atom stereocenters. The molecule has 0 saturated carbocycles. The summed E-state index contributed by atoms with van der Waals surface area (Å²) in [6.45, 7) is 0.585. The lowest BCUT2D eigenvalue weighted by Gasteiger charge is -2.45. The molecule has 65 heavy (non-hydrogen) atoms. The van der Waals surface area contributed by atoms with Gasteiger partial charge in [-0.25, -0.2) is 4.79 Å². The van der Waals surface area contributed by atoms with E-state index < -0.39 is 24.3 Å². The van der Waals surface area contributed by atoms with Crippen molar-refractivity contribution in [2.24, 2.45) is 0 Å². The number of likely N-dealkylation sites (N-methyl/N-ethyl adjacent to an activating group) is 1. The summed E-state index contributed by atoms with van der Waals surface area (Å²) in [5.74, 6) is -2.63. The molecule has 0 radical (unpaired) electrons. The molecule has 3 aliphatic rings. The molecule has 5 aromatic rings. The quantitative estimate of drug-likeness (QED) is 0.0622. The summed E-state index contributed by atoms with van der Waals surface area (Å²) in [6, 6.07) is 28.1. The first-order valence-corrected chi connectivity index (χ1v) is 21.1. The Morgan fingerprint density at radius 3 is 2.34 bits per heavy atom. The van der Waals surface area contributed by atoms with Gasteiger partial charge in [-0.1, -0.05) is 54.6 Å². The van der Waals surface area contributed by atoms with E-state index in [1.165, 1.54) is 12.1 Å². The fourth-order valence-corrected chi connectivity index (χ4v) is 8.96. The Morgan fingerprint density at radius 1 is 0.954 bits per heavy atom. The maximum absolute atomic E-state index is 13.3. The molecule has 15 nitrogen and oxygen atoms in total. The number of aliphatic hydroxyl groups excluding tert-OH is 1. The van der Waals surface area contributed by atoms with Crippen LogP contribution < -0.4 is 31.4 Å². The number of nitrogens with one attached hydrogen (secondary N) is 4. The minimum absolute atomic E-state index is 0.0679. The molecule has 6 N–H and O–H groups in total. The first-order valence-electron chi connectivity index (χ1n) is 21.1. The predicted octanol–water partition coefficient (Wildman–Crippen LogP) is 5.30. The van der Waals surface area contributed by atoms with Crippen LogP contribution in [-0.2, 0) is 32.0 Å². The van der Waals surface area contributed by atoms with E-state index in [1.807, 2.05) is 60.7 Å². The number of carboxylic acid groups (broad SMARTS) is 1. The van der Waals surface area contributed by atoms with Crippen LogP contribution in [-0.4, -0.2) is 102 Å². The van der Waals surface area contributed by atoms with E-state index in [-0.39, 0.29) is 47.6 Å². The van der Waals surface area contributed by atoms with Crippen molar-refractivity contribution in [1.29, 1.82) is 0 Å². The summed E-state index contributed by atoms with van der Waals surface area (Å²) in [5, 5.41) is 39.7. The maximum Gasteiger partial charge on any atom is 0.430 e. The van der Waals surface area contributed by atoms with Crippen LogP contribution in [0.2, 0.25) is 0 Å². The van der Waals surface area contributed by atoms with Crippen molar-refractivity contribution in [3.05, 3.63) is 118 Å². The lowest BCUT2D eigenvalue weighted by atomic mass is 9.96. The number of amides is 2. The Labute approximate surface area is 371 Å². The number of piperidine rings is 1. The molecule has 3 aliphatic heterocycles. The fourth-order valence-electron chi connectivity index (χ4n) is 8.96. The number of quaternary nitrogens is 1. The number of nitrogens with zero attached hydrogens (tertiary/aromatic N) is 1. The Kier molecular flexibility index (Phi) is 13.8. The third kappa shape index (κ3) is 10.9. The second kappa shape index (κ2) is 19.3. The van der Waals surface area contributed by atoms with Crippen molar-refractivity contribution >= 4 is 40.2 Å². The van der Waals surface area contributed by atoms with Crippen molar-refractivity contribution in [1.82, 2.24) is 10.3 Å². The average Bonchev–Trinajstić information content (AvgIpc) is 4.03. The fraction of sp³-hybridized carbons (Fsp3) is 0.362. The van der Waals surface area contributed by atoms with Gasteiger partial charge in [0, 0.05) is 66.7 Å². The molecular formula is C47H50F3N5O10. The molecule has 344 valence electrons. The molecule has 0 aliphatic carbocycles. The number of ether oxygens (including phenoxy) is 3. The van der Waals surface area contributed by atoms with E-state index in [0.29, 0.717) is 66.0 Å². The number of phenolic OH excluding ortho intramolecular Hbond substituents is 1. The minimum atomic E-state index is -5.19. The number of morpholine rings is 1. The number of methoxy groups -OCH3 is 1. The third-order valence-electron chi connectivity index (χ3n) is 12.3. The number of aliphatic carboxylic acids is 1. The monoisotopic (exact) mass is 901 g/mol. The molecule has 1 aromatic heterocycles. The molecule has 0 spiro atoms. The Morgan fingerprint density at radius 2 is 1.66 bits per heavy atom. The van der Waals surface area contributed by atoms with Crippen LogP contribution in [0, 0.1) is 0 Å². The molecule has 3 saturated heterocycles. The molecule has 2 bridgehead atoms. The average molecular weight is 902 g/mol. The van der Waals surface area contributed by atoms with Gasteiger partial charge >= 0.3 is 12.3 Å². The zero-order valence-corrected chi connectivity index (χ0v) is 35.8. The van der Waals surface area contributed by atoms with Crippen molar-refractivity contribution in [3.8, 4) is 22.6 Å². The minimum Gasteiger partial charge on any atom is -0.542 e. The molecule has 3 fully saturated rings. The summed E-state index contributed by atoms with van der Waals surface area (Å²) >= 11 is 0. The van der Waals surface area contributed by atoms with Gasteiger partial charge in [0.25, 0.3) is 0 Å². The van der Waals surface area contributed by atoms with Crippen LogP contribution in [0.15, 0.2) is 95.8 Å². The number of rotatable bonds is 14. The zero-order chi connectivity index (χ0) is 46.6. The highest BCUT2D eigenvalue weighted by Crippen LogP contribution is 2.51. The van der Waals surface area contributed by atoms with E-state index in [9.17, 15) is 37.8 Å². The van der Waals surface area contributed by atoms with Crippen LogP contribution in [0.5, 0.6) is 11.5 Å². The lowest BCUT2D eigenvalue weighted by Crippen LogP contribution is -2.60. The predicted molar refractivity (Wildman–Crippen MR) is 232 cm³/mol. The SMILES string of the molecule is COc1cc(NC(=O)CCCc2ccc(-c3ccccc3)c(NC(=O)O[C@@H]3C[C@@H]4[C@H]5O[C@H]5[C@H](C3)[N+]4(C)C)c2)ccc1CNC[C@H](O)c1ccc(O)c2[nH]c(=O)ccc12.O=C([O-])C(F)(F)F. The van der Waals surface area contributed by atoms with E-state index in [4.69, 9.17) is 24.1 Å². The van der Waals surface area contributed by atoms with E-state index >= 15 is 0 Å². The van der Waals surface area contributed by atoms with Crippen molar-refractivity contribution in [3.63, 3.8) is 0 Å². The van der Waals surface area contributed by atoms with E-state index in [0.717, 1.165) is 39.6 Å². The van der Waals surface area contributed by atoms with Gasteiger partial charge in [0.05, 0.1) is 38.5 Å². The number of alkyl halides is 3. The van der Waals surface area contributed by atoms with Gasteiger partial charge in [0.1, 0.15) is 47.9 Å². The highest BCUT2D eigenvalue weighted by molar-refractivity contribution is 5.92. The number of aromatic nitrogens is 1. The normalized spacial score (nSPS) is 20.7. The smallest absolute Gasteiger partial charge is 0.430 e. The molecule has 6 atom stereocenters. The Balaban J connectivity index is 0.000000833. The summed E-state index contributed by atoms with van der Waals surface area (Å²) in [6.07, 6.45) is -3.06. The number of carboxylic acids is 1. The molecule has 4 heterocycles. The molecule has 18 heteroatoms. The Bertz CT molecular complexity index is 2590. The van der Waals surface area contributed by atoms with Crippen LogP contribution in [0.1, 0.15) is 48.5 Å². The Hall–Kier alpha value is -6.47. The van der Waals surface area contributed by atoms with Crippen LogP contribution in [0.3, 0.4) is 0 Å². The van der Waals surface area contributed by atoms with Gasteiger partial charge in [0.2, 0.25) is 11.5 Å². The lowest BCUT2D eigenvalue weighted by molar-refractivity contribution is -0.938. The number of H-pyrrole nitrogens is 1. The second-order valence-corrected chi connectivity index (χ2v) is 16.8. The number of benzene rings is 4. The molecule has 8 rings (SSSR count). The van der Waals surface area contributed by atoms with Gasteiger partial charge in [-0.2, -0.15) is 13.2 Å². The number of epoxide rings is 1. The van der Waals surface area contributed by atoms with Crippen LogP contribution >= 0.6 is 0 Å². The molecular weight excluding hydrogens is 852 g/mol. The number of halogens is 3. The molecule has 2 amide bonds. The van der Waals surface area contributed by atoms with Gasteiger partial charge in [0.15, 0.2) is 0 Å². The summed E-state index contributed by atoms with van der Waals surface area (Å²) < 4.78 is 50.0. The number of aromatic amines is 1. The number of aryl methyl sites for hydroxylation is 1. The van der Waals surface area contributed by atoms with Gasteiger partial charge in [-0.3, -0.25) is 14.9 Å². The van der Waals surface area contributed by atoms with Crippen molar-refractivity contribution in [2.75, 3.05) is 38.4 Å². The highest BCUT2D eigenvalue weighted by atomic mass is 19.4. The van der Waals surface area contributed by atoms with Crippen molar-refractivity contribution in [2.45, 2.75) is 81.3 Å². The third-order valence-corrected chi connectivity index (χ3v) is 12.3. The number of carbonyl (C=O) groups is 3. The van der Waals surface area contributed by atoms with Crippen molar-refractivity contribution < 1.29 is 61.6 Å². The number of aromatic hydroxyl groups is 1. The maximum atomic E-state index is 13.3. The van der Waals surface area contributed by atoms with Crippen LogP contribution in [0.25, 0.3) is 22.0 Å². The molecule has 4 aromatic carbocycles. The topological polar surface area (TPSA) is 215 Å². The summed E-state index contributed by atoms with van der Waals surface area (Å²) in [5.41, 5.74) is 5.47. The number of carbonyl (C=O) groups excluding carboxylic acids is 3. The highest BCUT2D eigenvalue weighted by Gasteiger charge is 2.70. The zero-order valence-electron chi connectivity index (χ0n) is 35.8. The number of phenols is 1.